The van der Waals surface area contributed by atoms with Crippen LogP contribution in [0.3, 0.4) is 0 Å². The number of hydrogen-bond donors (Lipinski definition) is 3. The third-order valence-electron chi connectivity index (χ3n) is 5.95. The molecule has 5 nitrogen and oxygen atoms in total. The molecule has 3 heterocycles. The molecule has 1 aromatic heterocycles. The van der Waals surface area contributed by atoms with Gasteiger partial charge < -0.3 is 20.0 Å². The van der Waals surface area contributed by atoms with Gasteiger partial charge in [0.05, 0.1) is 4.88 Å². The van der Waals surface area contributed by atoms with E-state index in [0.29, 0.717) is 6.54 Å². The van der Waals surface area contributed by atoms with Crippen LogP contribution < -0.4 is 20.0 Å². The highest BCUT2D eigenvalue weighted by Gasteiger charge is 2.25. The van der Waals surface area contributed by atoms with Crippen LogP contribution in [0, 0.1) is 0 Å². The molecule has 2 aromatic rings. The van der Waals surface area contributed by atoms with Crippen LogP contribution in [0.4, 0.5) is 11.4 Å². The summed E-state index contributed by atoms with van der Waals surface area (Å²) in [5, 5.41) is 5.24. The summed E-state index contributed by atoms with van der Waals surface area (Å²) >= 11 is 1.84. The van der Waals surface area contributed by atoms with Gasteiger partial charge in [0, 0.05) is 24.5 Å². The van der Waals surface area contributed by atoms with Crippen molar-refractivity contribution >= 4 is 28.6 Å². The van der Waals surface area contributed by atoms with E-state index < -0.39 is 0 Å². The summed E-state index contributed by atoms with van der Waals surface area (Å²) in [4.78, 5) is 19.4. The Bertz CT molecular complexity index is 732. The second kappa shape index (κ2) is 9.54. The topological polar surface area (TPSA) is 41.2 Å². The van der Waals surface area contributed by atoms with Gasteiger partial charge in [-0.2, -0.15) is 0 Å². The Morgan fingerprint density at radius 3 is 2.36 bits per heavy atom. The standard InChI is InChI=1S/C22H30N4OS/c27-22(18-25-14-12-24(13-15-25)17-21-5-4-16-28-21)23-19-6-8-20(9-7-19)26-10-2-1-3-11-26/h4-9,16H,1-3,10-15,17-18H2,(H,23,27)/p+2. The molecule has 28 heavy (non-hydrogen) atoms. The quantitative estimate of drug-likeness (QED) is 0.667. The molecule has 2 saturated heterocycles. The van der Waals surface area contributed by atoms with E-state index in [2.05, 4.69) is 39.9 Å². The molecule has 4 rings (SSSR count). The van der Waals surface area contributed by atoms with E-state index in [0.717, 1.165) is 51.5 Å². The highest BCUT2D eigenvalue weighted by Crippen LogP contribution is 2.21. The van der Waals surface area contributed by atoms with Gasteiger partial charge in [0.1, 0.15) is 32.7 Å². The van der Waals surface area contributed by atoms with Gasteiger partial charge in [-0.15, -0.1) is 11.3 Å². The lowest BCUT2D eigenvalue weighted by Gasteiger charge is -2.29. The molecule has 2 aliphatic rings. The molecule has 6 heteroatoms. The van der Waals surface area contributed by atoms with Crippen molar-refractivity contribution in [2.45, 2.75) is 25.8 Å². The first-order chi connectivity index (χ1) is 13.8. The molecule has 0 bridgehead atoms. The molecule has 3 N–H and O–H groups in total. The number of thiophene rings is 1. The summed E-state index contributed by atoms with van der Waals surface area (Å²) in [6.07, 6.45) is 3.91. The predicted molar refractivity (Wildman–Crippen MR) is 115 cm³/mol. The van der Waals surface area contributed by atoms with Crippen LogP contribution in [0.1, 0.15) is 24.1 Å². The van der Waals surface area contributed by atoms with E-state index in [9.17, 15) is 4.79 Å². The molecule has 0 saturated carbocycles. The summed E-state index contributed by atoms with van der Waals surface area (Å²) in [6, 6.07) is 12.7. The van der Waals surface area contributed by atoms with Crippen molar-refractivity contribution in [3.63, 3.8) is 0 Å². The predicted octanol–water partition coefficient (Wildman–Crippen LogP) is 0.661. The van der Waals surface area contributed by atoms with Gasteiger partial charge in [-0.05, 0) is 55.0 Å². The number of piperidine rings is 1. The van der Waals surface area contributed by atoms with Crippen LogP contribution in [-0.4, -0.2) is 51.7 Å². The number of carbonyl (C=O) groups excluding carboxylic acids is 1. The fourth-order valence-corrected chi connectivity index (χ4v) is 5.09. The number of nitrogens with zero attached hydrogens (tertiary/aromatic N) is 1. The molecule has 2 fully saturated rings. The lowest BCUT2D eigenvalue weighted by atomic mass is 10.1. The number of quaternary nitrogens is 2. The van der Waals surface area contributed by atoms with E-state index in [1.165, 1.54) is 34.7 Å². The monoisotopic (exact) mass is 400 g/mol. The third kappa shape index (κ3) is 5.34. The van der Waals surface area contributed by atoms with Crippen LogP contribution in [0.15, 0.2) is 41.8 Å². The minimum absolute atomic E-state index is 0.127. The maximum Gasteiger partial charge on any atom is 0.279 e. The van der Waals surface area contributed by atoms with Crippen molar-refractivity contribution in [3.8, 4) is 0 Å². The maximum absolute atomic E-state index is 12.5. The summed E-state index contributed by atoms with van der Waals surface area (Å²) in [7, 11) is 0. The lowest BCUT2D eigenvalue weighted by Crippen LogP contribution is -3.28. The number of hydrogen-bond acceptors (Lipinski definition) is 3. The molecule has 0 radical (unpaired) electrons. The van der Waals surface area contributed by atoms with Crippen molar-refractivity contribution in [1.29, 1.82) is 0 Å². The molecule has 0 unspecified atom stereocenters. The van der Waals surface area contributed by atoms with Gasteiger partial charge in [-0.3, -0.25) is 4.79 Å². The van der Waals surface area contributed by atoms with Crippen molar-refractivity contribution < 1.29 is 14.6 Å². The Kier molecular flexibility index (Phi) is 6.62. The fourth-order valence-electron chi connectivity index (χ4n) is 4.31. The summed E-state index contributed by atoms with van der Waals surface area (Å²) in [5.41, 5.74) is 2.18. The normalized spacial score (nSPS) is 22.8. The number of carbonyl (C=O) groups is 1. The van der Waals surface area contributed by atoms with Gasteiger partial charge in [0.15, 0.2) is 6.54 Å². The average Bonchev–Trinajstić information content (AvgIpc) is 3.24. The van der Waals surface area contributed by atoms with Crippen LogP contribution in [-0.2, 0) is 11.3 Å². The summed E-state index contributed by atoms with van der Waals surface area (Å²) in [6.45, 7) is 8.42. The maximum atomic E-state index is 12.5. The number of anilines is 2. The number of rotatable bonds is 6. The Morgan fingerprint density at radius 2 is 1.68 bits per heavy atom. The first-order valence-corrected chi connectivity index (χ1v) is 11.5. The van der Waals surface area contributed by atoms with Crippen LogP contribution in [0.2, 0.25) is 0 Å². The van der Waals surface area contributed by atoms with Gasteiger partial charge >= 0.3 is 0 Å². The molecule has 1 aromatic carbocycles. The third-order valence-corrected chi connectivity index (χ3v) is 6.83. The highest BCUT2D eigenvalue weighted by molar-refractivity contribution is 7.09. The van der Waals surface area contributed by atoms with Crippen LogP contribution in [0.25, 0.3) is 0 Å². The van der Waals surface area contributed by atoms with Crippen molar-refractivity contribution in [3.05, 3.63) is 46.7 Å². The van der Waals surface area contributed by atoms with E-state index in [-0.39, 0.29) is 5.91 Å². The Morgan fingerprint density at radius 1 is 0.964 bits per heavy atom. The highest BCUT2D eigenvalue weighted by atomic mass is 32.1. The lowest BCUT2D eigenvalue weighted by molar-refractivity contribution is -1.01. The van der Waals surface area contributed by atoms with Gasteiger partial charge in [-0.25, -0.2) is 0 Å². The zero-order valence-electron chi connectivity index (χ0n) is 16.6. The molecule has 0 atom stereocenters. The number of benzene rings is 1. The average molecular weight is 401 g/mol. The molecule has 2 aliphatic heterocycles. The second-order valence-electron chi connectivity index (χ2n) is 8.08. The SMILES string of the molecule is O=C(C[NH+]1CC[NH+](Cc2cccs2)CC1)Nc1ccc(N2CCCCC2)cc1. The Labute approximate surface area is 171 Å². The van der Waals surface area contributed by atoms with E-state index in [1.807, 2.05) is 23.5 Å². The summed E-state index contributed by atoms with van der Waals surface area (Å²) < 4.78 is 0. The second-order valence-corrected chi connectivity index (χ2v) is 9.11. The smallest absolute Gasteiger partial charge is 0.279 e. The van der Waals surface area contributed by atoms with E-state index >= 15 is 0 Å². The van der Waals surface area contributed by atoms with E-state index in [1.54, 1.807) is 4.90 Å². The minimum atomic E-state index is 0.127. The zero-order valence-corrected chi connectivity index (χ0v) is 17.4. The zero-order chi connectivity index (χ0) is 19.2. The Hall–Kier alpha value is -1.89. The molecular formula is C22H32N4OS+2. The first kappa shape index (κ1) is 19.4. The molecular weight excluding hydrogens is 368 g/mol. The van der Waals surface area contributed by atoms with Gasteiger partial charge in [0.25, 0.3) is 5.91 Å². The molecule has 150 valence electrons. The van der Waals surface area contributed by atoms with Gasteiger partial charge in [-0.1, -0.05) is 6.07 Å². The molecule has 0 aliphatic carbocycles. The van der Waals surface area contributed by atoms with E-state index in [4.69, 9.17) is 0 Å². The summed E-state index contributed by atoms with van der Waals surface area (Å²) in [5.74, 6) is 0.127. The number of amides is 1. The number of piperazine rings is 1. The minimum Gasteiger partial charge on any atom is -0.372 e. The first-order valence-electron chi connectivity index (χ1n) is 10.6. The Balaban J connectivity index is 1.20. The van der Waals surface area contributed by atoms with Crippen LogP contribution in [0.5, 0.6) is 0 Å². The van der Waals surface area contributed by atoms with Crippen molar-refractivity contribution in [2.75, 3.05) is 56.0 Å². The van der Waals surface area contributed by atoms with Crippen LogP contribution >= 0.6 is 11.3 Å². The molecule has 0 spiro atoms. The largest absolute Gasteiger partial charge is 0.372 e. The van der Waals surface area contributed by atoms with Gasteiger partial charge in [0.2, 0.25) is 0 Å². The number of nitrogens with one attached hydrogen (secondary N) is 3. The van der Waals surface area contributed by atoms with Crippen molar-refractivity contribution in [2.24, 2.45) is 0 Å². The molecule has 1 amide bonds. The van der Waals surface area contributed by atoms with Crippen molar-refractivity contribution in [1.82, 2.24) is 0 Å². The fraction of sp³-hybridized carbons (Fsp3) is 0.500.